The fourth-order valence-corrected chi connectivity index (χ4v) is 5.81. The van der Waals surface area contributed by atoms with E-state index in [2.05, 4.69) is 20.5 Å². The van der Waals surface area contributed by atoms with E-state index >= 15 is 0 Å². The molecule has 0 saturated carbocycles. The molecular weight excluding hydrogens is 600 g/mol. The van der Waals surface area contributed by atoms with Gasteiger partial charge < -0.3 is 25.2 Å². The molecule has 0 aliphatic carbocycles. The van der Waals surface area contributed by atoms with Crippen LogP contribution in [0.4, 0.5) is 33.7 Å². The van der Waals surface area contributed by atoms with Gasteiger partial charge in [-0.15, -0.1) is 0 Å². The molecule has 0 unspecified atom stereocenters. The van der Waals surface area contributed by atoms with E-state index in [1.165, 1.54) is 42.6 Å². The number of thioether (sulfide) groups is 1. The van der Waals surface area contributed by atoms with Crippen molar-refractivity contribution in [3.05, 3.63) is 77.4 Å². The first-order valence-electron chi connectivity index (χ1n) is 14.0. The molecule has 3 amide bonds. The maximum atomic E-state index is 14.9. The molecule has 2 fully saturated rings. The normalized spacial score (nSPS) is 16.4. The zero-order chi connectivity index (χ0) is 31.3. The Labute approximate surface area is 256 Å². The van der Waals surface area contributed by atoms with Crippen molar-refractivity contribution in [2.75, 3.05) is 68.5 Å². The molecule has 3 aromatic rings. The highest BCUT2D eigenvalue weighted by atomic mass is 32.2. The number of nitrogens with one attached hydrogen (secondary N) is 2. The van der Waals surface area contributed by atoms with E-state index < -0.39 is 23.6 Å². The summed E-state index contributed by atoms with van der Waals surface area (Å²) in [7, 11) is 1.97. The smallest absolute Gasteiger partial charge is 0.416 e. The van der Waals surface area contributed by atoms with Crippen LogP contribution in [0.25, 0.3) is 0 Å². The summed E-state index contributed by atoms with van der Waals surface area (Å²) in [5, 5.41) is 4.67. The Balaban J connectivity index is 1.21. The van der Waals surface area contributed by atoms with E-state index in [1.54, 1.807) is 16.7 Å². The van der Waals surface area contributed by atoms with Gasteiger partial charge in [0.05, 0.1) is 11.3 Å². The summed E-state index contributed by atoms with van der Waals surface area (Å²) in [4.78, 5) is 35.3. The minimum Gasteiger partial charge on any atom is -0.457 e. The Morgan fingerprint density at radius 2 is 1.66 bits per heavy atom. The van der Waals surface area contributed by atoms with Gasteiger partial charge in [-0.1, -0.05) is 6.07 Å². The summed E-state index contributed by atoms with van der Waals surface area (Å²) >= 11 is 1.78. The minimum atomic E-state index is -4.62. The summed E-state index contributed by atoms with van der Waals surface area (Å²) in [6.45, 7) is 4.28. The number of ether oxygens (including phenoxy) is 1. The maximum absolute atomic E-state index is 14.9. The number of alkyl halides is 3. The largest absolute Gasteiger partial charge is 0.457 e. The van der Waals surface area contributed by atoms with Gasteiger partial charge in [0.15, 0.2) is 0 Å². The van der Waals surface area contributed by atoms with Crippen LogP contribution in [0.3, 0.4) is 0 Å². The van der Waals surface area contributed by atoms with Crippen LogP contribution in [0.1, 0.15) is 21.6 Å². The van der Waals surface area contributed by atoms with Crippen LogP contribution in [0, 0.1) is 5.82 Å². The number of urea groups is 1. The third-order valence-corrected chi connectivity index (χ3v) is 8.28. The molecule has 0 spiro atoms. The molecule has 0 radical (unpaired) electrons. The van der Waals surface area contributed by atoms with E-state index in [1.807, 2.05) is 11.9 Å². The summed E-state index contributed by atoms with van der Waals surface area (Å²) in [6, 6.07) is 9.47. The van der Waals surface area contributed by atoms with Gasteiger partial charge in [0.25, 0.3) is 5.91 Å². The maximum Gasteiger partial charge on any atom is 0.416 e. The molecule has 2 aromatic carbocycles. The number of carbonyl (C=O) groups is 2. The van der Waals surface area contributed by atoms with Gasteiger partial charge in [0.2, 0.25) is 0 Å². The Morgan fingerprint density at radius 3 is 2.36 bits per heavy atom. The highest BCUT2D eigenvalue weighted by molar-refractivity contribution is 7.99. The van der Waals surface area contributed by atoms with Gasteiger partial charge >= 0.3 is 12.2 Å². The lowest BCUT2D eigenvalue weighted by Crippen LogP contribution is -2.44. The highest BCUT2D eigenvalue weighted by Crippen LogP contribution is 2.35. The Bertz CT molecular complexity index is 1490. The predicted molar refractivity (Wildman–Crippen MR) is 161 cm³/mol. The van der Waals surface area contributed by atoms with Crippen molar-refractivity contribution in [1.29, 1.82) is 0 Å². The Hall–Kier alpha value is -3.88. The predicted octanol–water partition coefficient (Wildman–Crippen LogP) is 5.61. The quantitative estimate of drug-likeness (QED) is 0.328. The fraction of sp³-hybridized carbons (Fsp3) is 0.367. The van der Waals surface area contributed by atoms with Crippen molar-refractivity contribution in [1.82, 2.24) is 19.7 Å². The average Bonchev–Trinajstić information content (AvgIpc) is 3.00. The molecule has 1 aromatic heterocycles. The number of aromatic nitrogens is 1. The zero-order valence-corrected chi connectivity index (χ0v) is 24.8. The molecule has 2 saturated heterocycles. The number of anilines is 2. The molecule has 2 aliphatic heterocycles. The second kappa shape index (κ2) is 13.8. The molecular formula is C30H32F4N6O3S. The average molecular weight is 633 g/mol. The third kappa shape index (κ3) is 8.18. The summed E-state index contributed by atoms with van der Waals surface area (Å²) in [5.41, 5.74) is -0.788. The second-order valence-electron chi connectivity index (χ2n) is 10.6. The van der Waals surface area contributed by atoms with Crippen LogP contribution in [0.15, 0.2) is 54.7 Å². The lowest BCUT2D eigenvalue weighted by molar-refractivity contribution is -0.138. The number of hydrogen-bond donors (Lipinski definition) is 2. The van der Waals surface area contributed by atoms with Gasteiger partial charge in [-0.2, -0.15) is 24.9 Å². The zero-order valence-electron chi connectivity index (χ0n) is 24.0. The first-order valence-corrected chi connectivity index (χ1v) is 15.2. The lowest BCUT2D eigenvalue weighted by atomic mass is 10.0. The topological polar surface area (TPSA) is 90.0 Å². The third-order valence-electron chi connectivity index (χ3n) is 7.34. The van der Waals surface area contributed by atoms with Crippen molar-refractivity contribution < 1.29 is 31.9 Å². The first kappa shape index (κ1) is 31.5. The lowest BCUT2D eigenvalue weighted by Gasteiger charge is -2.33. The molecule has 44 heavy (non-hydrogen) atoms. The van der Waals surface area contributed by atoms with Crippen molar-refractivity contribution in [3.63, 3.8) is 0 Å². The molecule has 9 nitrogen and oxygen atoms in total. The first-order chi connectivity index (χ1) is 21.0. The van der Waals surface area contributed by atoms with E-state index in [4.69, 9.17) is 4.74 Å². The Kier molecular flexibility index (Phi) is 9.91. The standard InChI is InChI=1S/C30H32F4N6O3S/c1-38-8-10-39(11-9-38)19-20-2-3-21(16-24(20)30(32,33)34)36-29(42)37-26-5-4-22(17-25(26)31)43-23-6-7-35-27(18-23)28(41)40-12-14-44-15-13-40/h2-7,16-18H,8-15,19H2,1H3,(H2,36,37,42). The number of likely N-dealkylation sites (N-methyl/N-ethyl adjacent to an activating group) is 1. The van der Waals surface area contributed by atoms with Crippen molar-refractivity contribution in [2.45, 2.75) is 12.7 Å². The molecule has 234 valence electrons. The molecule has 0 atom stereocenters. The summed E-state index contributed by atoms with van der Waals surface area (Å²) in [5.74, 6) is 1.07. The second-order valence-corrected chi connectivity index (χ2v) is 11.8. The number of rotatable bonds is 7. The molecule has 0 bridgehead atoms. The number of halogens is 4. The van der Waals surface area contributed by atoms with Crippen molar-refractivity contribution in [2.24, 2.45) is 0 Å². The SMILES string of the molecule is CN1CCN(Cc2ccc(NC(=O)Nc3ccc(Oc4ccnc(C(=O)N5CCSCC5)c4)cc3F)cc2C(F)(F)F)CC1. The van der Waals surface area contributed by atoms with Gasteiger partial charge in [-0.05, 0) is 42.9 Å². The summed E-state index contributed by atoms with van der Waals surface area (Å²) in [6.07, 6.45) is -3.19. The molecule has 2 N–H and O–H groups in total. The van der Waals surface area contributed by atoms with Crippen LogP contribution in [0.2, 0.25) is 0 Å². The highest BCUT2D eigenvalue weighted by Gasteiger charge is 2.34. The van der Waals surface area contributed by atoms with Crippen molar-refractivity contribution >= 4 is 35.1 Å². The van der Waals surface area contributed by atoms with E-state index in [0.29, 0.717) is 26.2 Å². The van der Waals surface area contributed by atoms with Crippen LogP contribution in [-0.2, 0) is 12.7 Å². The Morgan fingerprint density at radius 1 is 0.932 bits per heavy atom. The van der Waals surface area contributed by atoms with Crippen LogP contribution >= 0.6 is 11.8 Å². The number of piperazine rings is 1. The van der Waals surface area contributed by atoms with Crippen LogP contribution < -0.4 is 15.4 Å². The van der Waals surface area contributed by atoms with Gasteiger partial charge in [-0.25, -0.2) is 9.18 Å². The van der Waals surface area contributed by atoms with Crippen LogP contribution in [-0.4, -0.2) is 89.4 Å². The van der Waals surface area contributed by atoms with E-state index in [9.17, 15) is 27.2 Å². The number of benzene rings is 2. The van der Waals surface area contributed by atoms with Gasteiger partial charge in [0.1, 0.15) is 23.0 Å². The fourth-order valence-electron chi connectivity index (χ4n) is 4.90. The summed E-state index contributed by atoms with van der Waals surface area (Å²) < 4.78 is 62.2. The monoisotopic (exact) mass is 632 g/mol. The molecule has 5 rings (SSSR count). The minimum absolute atomic E-state index is 0.0799. The van der Waals surface area contributed by atoms with Crippen LogP contribution in [0.5, 0.6) is 11.5 Å². The van der Waals surface area contributed by atoms with E-state index in [-0.39, 0.29) is 46.6 Å². The van der Waals surface area contributed by atoms with Gasteiger partial charge in [0, 0.05) is 81.3 Å². The number of nitrogens with zero attached hydrogens (tertiary/aromatic N) is 4. The van der Waals surface area contributed by atoms with Gasteiger partial charge in [-0.3, -0.25) is 14.7 Å². The number of carbonyl (C=O) groups excluding carboxylic acids is 2. The van der Waals surface area contributed by atoms with E-state index in [0.717, 1.165) is 36.7 Å². The molecule has 3 heterocycles. The number of pyridine rings is 1. The molecule has 14 heteroatoms. The van der Waals surface area contributed by atoms with Crippen molar-refractivity contribution in [3.8, 4) is 11.5 Å². The molecule has 2 aliphatic rings. The number of hydrogen-bond acceptors (Lipinski definition) is 7. The number of amides is 3.